The van der Waals surface area contributed by atoms with Crippen LogP contribution in [0.5, 0.6) is 0 Å². The summed E-state index contributed by atoms with van der Waals surface area (Å²) in [6.07, 6.45) is 12.3. The first kappa shape index (κ1) is 37.1. The number of aryl methyl sites for hydroxylation is 4. The van der Waals surface area contributed by atoms with Crippen LogP contribution in [0, 0.1) is 57.2 Å². The van der Waals surface area contributed by atoms with Crippen molar-refractivity contribution in [1.29, 1.82) is 0 Å². The quantitative estimate of drug-likeness (QED) is 0.294. The molecule has 2 nitrogen and oxygen atoms in total. The third kappa shape index (κ3) is 19.0. The van der Waals surface area contributed by atoms with E-state index >= 15 is 0 Å². The van der Waals surface area contributed by atoms with E-state index < -0.39 is 0 Å². The van der Waals surface area contributed by atoms with Gasteiger partial charge in [-0.05, 0) is 95.8 Å². The van der Waals surface area contributed by atoms with Crippen molar-refractivity contribution in [2.45, 2.75) is 120 Å². The van der Waals surface area contributed by atoms with Gasteiger partial charge in [0.05, 0.1) is 13.2 Å². The molecule has 1 saturated carbocycles. The second-order valence-corrected chi connectivity index (χ2v) is 13.0. The van der Waals surface area contributed by atoms with Gasteiger partial charge in [-0.15, -0.1) is 0 Å². The maximum atomic E-state index is 12.6. The summed E-state index contributed by atoms with van der Waals surface area (Å²) in [7, 11) is 0. The molecule has 1 unspecified atom stereocenters. The number of allylic oxidation sites excluding steroid dienone is 2. The number of benzene rings is 2. The molecule has 3 aliphatic rings. The molecule has 0 bridgehead atoms. The second kappa shape index (κ2) is 20.8. The van der Waals surface area contributed by atoms with Crippen molar-refractivity contribution in [2.75, 3.05) is 13.2 Å². The number of ether oxygens (including phenoxy) is 2. The van der Waals surface area contributed by atoms with Crippen LogP contribution in [0.15, 0.2) is 54.1 Å². The van der Waals surface area contributed by atoms with E-state index in [9.17, 15) is 4.39 Å². The molecule has 2 fully saturated rings. The lowest BCUT2D eigenvalue weighted by Gasteiger charge is -2.24. The van der Waals surface area contributed by atoms with Crippen molar-refractivity contribution >= 4 is 0 Å². The first-order valence-corrected chi connectivity index (χ1v) is 16.0. The second-order valence-electron chi connectivity index (χ2n) is 13.0. The van der Waals surface area contributed by atoms with Crippen molar-refractivity contribution in [3.63, 3.8) is 0 Å². The Morgan fingerprint density at radius 1 is 0.585 bits per heavy atom. The lowest BCUT2D eigenvalue weighted by molar-refractivity contribution is -0.187. The van der Waals surface area contributed by atoms with E-state index in [1.54, 1.807) is 18.6 Å². The minimum absolute atomic E-state index is 0.0196. The van der Waals surface area contributed by atoms with Crippen LogP contribution in [0.3, 0.4) is 0 Å². The number of halogens is 1. The first-order valence-electron chi connectivity index (χ1n) is 16.0. The Balaban J connectivity index is 0.000000256. The van der Waals surface area contributed by atoms with E-state index in [4.69, 9.17) is 9.47 Å². The summed E-state index contributed by atoms with van der Waals surface area (Å²) in [6, 6.07) is 13.7. The Labute approximate surface area is 253 Å². The molecule has 2 aromatic carbocycles. The molecule has 41 heavy (non-hydrogen) atoms. The van der Waals surface area contributed by atoms with Gasteiger partial charge in [0.15, 0.2) is 6.29 Å². The summed E-state index contributed by atoms with van der Waals surface area (Å²) in [5.41, 5.74) is 5.92. The van der Waals surface area contributed by atoms with Crippen molar-refractivity contribution in [3.8, 4) is 0 Å². The lowest BCUT2D eigenvalue weighted by atomic mass is 9.84. The van der Waals surface area contributed by atoms with Crippen LogP contribution in [-0.4, -0.2) is 19.5 Å². The molecule has 0 N–H and O–H groups in total. The molecular formula is C38H61FO2. The van der Waals surface area contributed by atoms with Gasteiger partial charge in [0.2, 0.25) is 0 Å². The SMILES string of the molecule is CC1=CCC(C)CC1.CC1CCC(C)CC1.CC1COC(C)OC1.Cc1ccc(C)c(F)c1.Cc1ccc(C)cc1. The molecule has 1 atom stereocenters. The van der Waals surface area contributed by atoms with E-state index in [0.717, 1.165) is 36.5 Å². The van der Waals surface area contributed by atoms with E-state index in [2.05, 4.69) is 78.8 Å². The molecule has 1 heterocycles. The summed E-state index contributed by atoms with van der Waals surface area (Å²) >= 11 is 0. The van der Waals surface area contributed by atoms with Gasteiger partial charge in [-0.2, -0.15) is 0 Å². The van der Waals surface area contributed by atoms with Gasteiger partial charge in [0, 0.05) is 5.92 Å². The Morgan fingerprint density at radius 2 is 1.05 bits per heavy atom. The average Bonchev–Trinajstić information content (AvgIpc) is 2.94. The monoisotopic (exact) mass is 568 g/mol. The molecule has 2 aliphatic carbocycles. The summed E-state index contributed by atoms with van der Waals surface area (Å²) in [6.45, 7) is 22.9. The van der Waals surface area contributed by atoms with Crippen LogP contribution in [0.1, 0.15) is 109 Å². The van der Waals surface area contributed by atoms with Gasteiger partial charge in [0.1, 0.15) is 5.82 Å². The summed E-state index contributed by atoms with van der Waals surface area (Å²) in [5.74, 6) is 3.44. The summed E-state index contributed by atoms with van der Waals surface area (Å²) in [4.78, 5) is 0. The standard InChI is InChI=1S/C8H9F.C8H16.C8H14.C8H10.C6H12O2/c1-6-3-4-7(2)8(9)5-6;3*1-7-3-5-8(2)6-4-7;1-5-3-7-6(2)8-4-5/h3-5H,1-2H3;7-8H,3-6H2,1-2H3;3,8H,4-6H2,1-2H3;3-6H,1-2H3;5-6H,3-4H2,1-2H3. The molecule has 1 saturated heterocycles. The van der Waals surface area contributed by atoms with E-state index in [-0.39, 0.29) is 12.1 Å². The Morgan fingerprint density at radius 3 is 1.39 bits per heavy atom. The zero-order valence-corrected chi connectivity index (χ0v) is 28.1. The highest BCUT2D eigenvalue weighted by atomic mass is 19.1. The molecule has 0 radical (unpaired) electrons. The highest BCUT2D eigenvalue weighted by Gasteiger charge is 2.14. The zero-order valence-electron chi connectivity index (χ0n) is 28.1. The zero-order chi connectivity index (χ0) is 30.8. The normalized spacial score (nSPS) is 25.2. The Hall–Kier alpha value is -1.97. The summed E-state index contributed by atoms with van der Waals surface area (Å²) in [5, 5.41) is 0. The number of rotatable bonds is 0. The minimum atomic E-state index is -0.116. The molecule has 232 valence electrons. The Kier molecular flexibility index (Phi) is 18.8. The van der Waals surface area contributed by atoms with Crippen molar-refractivity contribution < 1.29 is 13.9 Å². The molecule has 0 spiro atoms. The minimum Gasteiger partial charge on any atom is -0.353 e. The van der Waals surface area contributed by atoms with E-state index in [0.29, 0.717) is 11.5 Å². The lowest BCUT2D eigenvalue weighted by Crippen LogP contribution is -2.27. The van der Waals surface area contributed by atoms with Crippen LogP contribution in [0.2, 0.25) is 0 Å². The van der Waals surface area contributed by atoms with Crippen molar-refractivity contribution in [1.82, 2.24) is 0 Å². The van der Waals surface area contributed by atoms with Crippen LogP contribution in [0.4, 0.5) is 4.39 Å². The molecule has 1 aliphatic heterocycles. The molecule has 2 aromatic rings. The average molecular weight is 569 g/mol. The number of hydrogen-bond donors (Lipinski definition) is 0. The predicted molar refractivity (Wildman–Crippen MR) is 176 cm³/mol. The van der Waals surface area contributed by atoms with Crippen LogP contribution in [-0.2, 0) is 9.47 Å². The largest absolute Gasteiger partial charge is 0.353 e. The third-order valence-electron chi connectivity index (χ3n) is 7.98. The van der Waals surface area contributed by atoms with Crippen LogP contribution < -0.4 is 0 Å². The Bertz CT molecular complexity index is 903. The maximum Gasteiger partial charge on any atom is 0.154 e. The van der Waals surface area contributed by atoms with Gasteiger partial charge in [0.25, 0.3) is 0 Å². The molecule has 0 aromatic heterocycles. The molecule has 3 heteroatoms. The van der Waals surface area contributed by atoms with Gasteiger partial charge in [-0.1, -0.05) is 113 Å². The predicted octanol–water partition coefficient (Wildman–Crippen LogP) is 11.3. The van der Waals surface area contributed by atoms with E-state index in [1.165, 1.54) is 62.1 Å². The van der Waals surface area contributed by atoms with Gasteiger partial charge in [-0.25, -0.2) is 4.39 Å². The third-order valence-corrected chi connectivity index (χ3v) is 7.98. The van der Waals surface area contributed by atoms with Gasteiger partial charge in [-0.3, -0.25) is 0 Å². The number of hydrogen-bond acceptors (Lipinski definition) is 2. The fraction of sp³-hybridized carbons (Fsp3) is 0.632. The maximum absolute atomic E-state index is 12.6. The van der Waals surface area contributed by atoms with Crippen LogP contribution in [0.25, 0.3) is 0 Å². The highest BCUT2D eigenvalue weighted by Crippen LogP contribution is 2.27. The smallest absolute Gasteiger partial charge is 0.154 e. The van der Waals surface area contributed by atoms with Gasteiger partial charge >= 0.3 is 0 Å². The van der Waals surface area contributed by atoms with E-state index in [1.807, 2.05) is 19.9 Å². The van der Waals surface area contributed by atoms with Crippen molar-refractivity contribution in [3.05, 3.63) is 82.2 Å². The molecule has 5 rings (SSSR count). The molecule has 0 amide bonds. The fourth-order valence-electron chi connectivity index (χ4n) is 4.55. The topological polar surface area (TPSA) is 18.5 Å². The fourth-order valence-corrected chi connectivity index (χ4v) is 4.55. The highest BCUT2D eigenvalue weighted by molar-refractivity contribution is 5.21. The van der Waals surface area contributed by atoms with Crippen molar-refractivity contribution in [2.24, 2.45) is 23.7 Å². The summed E-state index contributed by atoms with van der Waals surface area (Å²) < 4.78 is 22.9. The molecular weight excluding hydrogens is 507 g/mol. The first-order chi connectivity index (χ1) is 19.3. The van der Waals surface area contributed by atoms with Crippen LogP contribution >= 0.6 is 0 Å². The van der Waals surface area contributed by atoms with Gasteiger partial charge < -0.3 is 9.47 Å².